The number of halogens is 1. The fourth-order valence-corrected chi connectivity index (χ4v) is 2.95. The molecule has 4 nitrogen and oxygen atoms in total. The molecule has 23 heavy (non-hydrogen) atoms. The number of benzene rings is 1. The van der Waals surface area contributed by atoms with E-state index in [1.54, 1.807) is 12.1 Å². The zero-order chi connectivity index (χ0) is 16.7. The van der Waals surface area contributed by atoms with Gasteiger partial charge in [-0.25, -0.2) is 4.39 Å². The number of aliphatic hydroxyl groups excluding tert-OH is 1. The normalized spacial score (nSPS) is 17.9. The minimum Gasteiger partial charge on any atom is -0.387 e. The van der Waals surface area contributed by atoms with E-state index in [4.69, 9.17) is 0 Å². The number of hydrogen-bond donors (Lipinski definition) is 2. The molecule has 1 unspecified atom stereocenters. The second kappa shape index (κ2) is 8.99. The van der Waals surface area contributed by atoms with Gasteiger partial charge < -0.3 is 15.3 Å². The van der Waals surface area contributed by atoms with Gasteiger partial charge >= 0.3 is 0 Å². The van der Waals surface area contributed by atoms with Crippen LogP contribution in [0.25, 0.3) is 0 Å². The van der Waals surface area contributed by atoms with Gasteiger partial charge in [-0.15, -0.1) is 0 Å². The maximum Gasteiger partial charge on any atom is 0.223 e. The summed E-state index contributed by atoms with van der Waals surface area (Å²) in [5.74, 6) is -0.0425. The molecule has 1 atom stereocenters. The smallest absolute Gasteiger partial charge is 0.223 e. The van der Waals surface area contributed by atoms with E-state index in [0.717, 1.165) is 50.9 Å². The van der Waals surface area contributed by atoms with Crippen molar-refractivity contribution in [1.29, 1.82) is 0 Å². The Labute approximate surface area is 137 Å². The monoisotopic (exact) mass is 322 g/mol. The largest absolute Gasteiger partial charge is 0.387 e. The van der Waals surface area contributed by atoms with E-state index in [1.165, 1.54) is 12.1 Å². The summed E-state index contributed by atoms with van der Waals surface area (Å²) in [6, 6.07) is 5.97. The summed E-state index contributed by atoms with van der Waals surface area (Å²) in [6.45, 7) is 5.01. The van der Waals surface area contributed by atoms with Crippen molar-refractivity contribution in [3.05, 3.63) is 35.6 Å². The molecule has 1 heterocycles. The van der Waals surface area contributed by atoms with Crippen LogP contribution in [0.2, 0.25) is 0 Å². The quantitative estimate of drug-likeness (QED) is 0.758. The lowest BCUT2D eigenvalue weighted by Gasteiger charge is -2.32. The van der Waals surface area contributed by atoms with Crippen molar-refractivity contribution in [2.75, 3.05) is 26.2 Å². The standard InChI is InChI=1S/C18H27FN2O2/c1-2-3-10-20-18(23)15-8-11-21(12-9-15)13-17(22)14-4-6-16(19)7-5-14/h4-7,15,17,22H,2-3,8-13H2,1H3,(H,20,23). The number of nitrogens with one attached hydrogen (secondary N) is 1. The van der Waals surface area contributed by atoms with E-state index in [-0.39, 0.29) is 17.6 Å². The average molecular weight is 322 g/mol. The maximum absolute atomic E-state index is 12.9. The molecule has 1 aromatic carbocycles. The van der Waals surface area contributed by atoms with E-state index in [2.05, 4.69) is 17.1 Å². The Morgan fingerprint density at radius 1 is 1.35 bits per heavy atom. The Bertz CT molecular complexity index is 484. The summed E-state index contributed by atoms with van der Waals surface area (Å²) in [7, 11) is 0. The van der Waals surface area contributed by atoms with Crippen LogP contribution >= 0.6 is 0 Å². The van der Waals surface area contributed by atoms with E-state index in [1.807, 2.05) is 0 Å². The number of carbonyl (C=O) groups excluding carboxylic acids is 1. The van der Waals surface area contributed by atoms with E-state index >= 15 is 0 Å². The van der Waals surface area contributed by atoms with Gasteiger partial charge in [-0.05, 0) is 50.0 Å². The predicted octanol–water partition coefficient (Wildman–Crippen LogP) is 2.49. The van der Waals surface area contributed by atoms with Crippen molar-refractivity contribution in [2.45, 2.75) is 38.7 Å². The first-order valence-corrected chi connectivity index (χ1v) is 8.53. The van der Waals surface area contributed by atoms with Crippen LogP contribution in [-0.2, 0) is 4.79 Å². The highest BCUT2D eigenvalue weighted by Crippen LogP contribution is 2.21. The van der Waals surface area contributed by atoms with Crippen LogP contribution in [-0.4, -0.2) is 42.1 Å². The molecule has 2 rings (SSSR count). The lowest BCUT2D eigenvalue weighted by atomic mass is 9.95. The Morgan fingerprint density at radius 3 is 2.61 bits per heavy atom. The number of unbranched alkanes of at least 4 members (excludes halogenated alkanes) is 1. The number of nitrogens with zero attached hydrogens (tertiary/aromatic N) is 1. The zero-order valence-electron chi connectivity index (χ0n) is 13.8. The fraction of sp³-hybridized carbons (Fsp3) is 0.611. The topological polar surface area (TPSA) is 52.6 Å². The second-order valence-electron chi connectivity index (χ2n) is 6.29. The molecule has 5 heteroatoms. The number of aliphatic hydroxyl groups is 1. The SMILES string of the molecule is CCCCNC(=O)C1CCN(CC(O)c2ccc(F)cc2)CC1. The molecule has 1 saturated heterocycles. The average Bonchev–Trinajstić information content (AvgIpc) is 2.56. The molecule has 0 saturated carbocycles. The van der Waals surface area contributed by atoms with Crippen LogP contribution < -0.4 is 5.32 Å². The van der Waals surface area contributed by atoms with E-state index in [0.29, 0.717) is 6.54 Å². The molecule has 128 valence electrons. The summed E-state index contributed by atoms with van der Waals surface area (Å²) in [6.07, 6.45) is 3.14. The number of amides is 1. The van der Waals surface area contributed by atoms with Crippen LogP contribution in [0.3, 0.4) is 0 Å². The zero-order valence-corrected chi connectivity index (χ0v) is 13.8. The van der Waals surface area contributed by atoms with Gasteiger partial charge in [0.1, 0.15) is 5.82 Å². The van der Waals surface area contributed by atoms with Crippen LogP contribution in [0, 0.1) is 11.7 Å². The predicted molar refractivity (Wildman–Crippen MR) is 88.4 cm³/mol. The number of β-amino-alcohol motifs (C(OH)–C–C–N with tert-alkyl or cyclic N) is 1. The van der Waals surface area contributed by atoms with Gasteiger partial charge in [-0.3, -0.25) is 4.79 Å². The molecule has 1 aliphatic heterocycles. The first kappa shape index (κ1) is 17.9. The van der Waals surface area contributed by atoms with Crippen molar-refractivity contribution in [3.63, 3.8) is 0 Å². The summed E-state index contributed by atoms with van der Waals surface area (Å²) in [4.78, 5) is 14.2. The second-order valence-corrected chi connectivity index (χ2v) is 6.29. The third-order valence-electron chi connectivity index (χ3n) is 4.47. The highest BCUT2D eigenvalue weighted by atomic mass is 19.1. The van der Waals surface area contributed by atoms with Crippen LogP contribution in [0.4, 0.5) is 4.39 Å². The molecule has 1 aliphatic rings. The van der Waals surface area contributed by atoms with Crippen molar-refractivity contribution >= 4 is 5.91 Å². The number of likely N-dealkylation sites (tertiary alicyclic amines) is 1. The first-order valence-electron chi connectivity index (χ1n) is 8.53. The highest BCUT2D eigenvalue weighted by Gasteiger charge is 2.25. The Hall–Kier alpha value is -1.46. The van der Waals surface area contributed by atoms with Crippen molar-refractivity contribution in [2.24, 2.45) is 5.92 Å². The Kier molecular flexibility index (Phi) is 6.99. The molecule has 0 radical (unpaired) electrons. The molecule has 1 amide bonds. The Balaban J connectivity index is 1.73. The van der Waals surface area contributed by atoms with Gasteiger partial charge in [0.15, 0.2) is 0 Å². The molecular weight excluding hydrogens is 295 g/mol. The first-order chi connectivity index (χ1) is 11.1. The third-order valence-corrected chi connectivity index (χ3v) is 4.47. The number of rotatable bonds is 7. The maximum atomic E-state index is 12.9. The van der Waals surface area contributed by atoms with Crippen molar-refractivity contribution in [1.82, 2.24) is 10.2 Å². The van der Waals surface area contributed by atoms with Crippen LogP contribution in [0.5, 0.6) is 0 Å². The minimum absolute atomic E-state index is 0.0890. The van der Waals surface area contributed by atoms with E-state index in [9.17, 15) is 14.3 Å². The number of hydrogen-bond acceptors (Lipinski definition) is 3. The van der Waals surface area contributed by atoms with Crippen LogP contribution in [0.15, 0.2) is 24.3 Å². The summed E-state index contributed by atoms with van der Waals surface area (Å²) >= 11 is 0. The van der Waals surface area contributed by atoms with Gasteiger partial charge in [-0.2, -0.15) is 0 Å². The molecule has 1 aromatic rings. The summed E-state index contributed by atoms with van der Waals surface area (Å²) in [5, 5.41) is 13.2. The Morgan fingerprint density at radius 2 is 2.00 bits per heavy atom. The van der Waals surface area contributed by atoms with Crippen molar-refractivity contribution in [3.8, 4) is 0 Å². The fourth-order valence-electron chi connectivity index (χ4n) is 2.95. The lowest BCUT2D eigenvalue weighted by Crippen LogP contribution is -2.42. The molecule has 0 bridgehead atoms. The highest BCUT2D eigenvalue weighted by molar-refractivity contribution is 5.78. The van der Waals surface area contributed by atoms with E-state index < -0.39 is 6.10 Å². The number of carbonyl (C=O) groups is 1. The van der Waals surface area contributed by atoms with Gasteiger partial charge in [0.05, 0.1) is 6.10 Å². The minimum atomic E-state index is -0.620. The molecule has 0 aliphatic carbocycles. The van der Waals surface area contributed by atoms with Crippen molar-refractivity contribution < 1.29 is 14.3 Å². The summed E-state index contributed by atoms with van der Waals surface area (Å²) < 4.78 is 12.9. The molecule has 1 fully saturated rings. The number of piperidine rings is 1. The van der Waals surface area contributed by atoms with Gasteiger partial charge in [0, 0.05) is 19.0 Å². The molecule has 0 spiro atoms. The summed E-state index contributed by atoms with van der Waals surface area (Å²) in [5.41, 5.74) is 0.728. The van der Waals surface area contributed by atoms with Crippen LogP contribution in [0.1, 0.15) is 44.3 Å². The van der Waals surface area contributed by atoms with Gasteiger partial charge in [0.25, 0.3) is 0 Å². The third kappa shape index (κ3) is 5.59. The molecular formula is C18H27FN2O2. The van der Waals surface area contributed by atoms with Gasteiger partial charge in [0.2, 0.25) is 5.91 Å². The lowest BCUT2D eigenvalue weighted by molar-refractivity contribution is -0.126. The molecule has 2 N–H and O–H groups in total. The molecule has 0 aromatic heterocycles. The van der Waals surface area contributed by atoms with Gasteiger partial charge in [-0.1, -0.05) is 25.5 Å².